The third kappa shape index (κ3) is 2.41. The fraction of sp³-hybridized carbons (Fsp3) is 0. The van der Waals surface area contributed by atoms with Gasteiger partial charge < -0.3 is 5.11 Å². The number of para-hydroxylation sites is 1. The van der Waals surface area contributed by atoms with Crippen molar-refractivity contribution in [2.45, 2.75) is 4.90 Å². The summed E-state index contributed by atoms with van der Waals surface area (Å²) in [6, 6.07) is 10.6. The second-order valence-electron chi connectivity index (χ2n) is 3.16. The standard InChI is InChI=1S/C12H10N2OS/c15-10-5-2-1-4-9(10)8-14-12-11(16)6-3-7-13-12/h1-8,15-16H. The second kappa shape index (κ2) is 4.81. The van der Waals surface area contributed by atoms with Crippen LogP contribution in [0.15, 0.2) is 52.5 Å². The first kappa shape index (κ1) is 10.7. The van der Waals surface area contributed by atoms with E-state index < -0.39 is 0 Å². The van der Waals surface area contributed by atoms with Crippen LogP contribution in [0, 0.1) is 0 Å². The van der Waals surface area contributed by atoms with Crippen molar-refractivity contribution in [2.24, 2.45) is 4.99 Å². The average Bonchev–Trinajstić information content (AvgIpc) is 2.30. The highest BCUT2D eigenvalue weighted by Crippen LogP contribution is 2.20. The zero-order valence-electron chi connectivity index (χ0n) is 8.41. The van der Waals surface area contributed by atoms with E-state index >= 15 is 0 Å². The van der Waals surface area contributed by atoms with Gasteiger partial charge in [-0.2, -0.15) is 0 Å². The molecule has 3 nitrogen and oxygen atoms in total. The maximum atomic E-state index is 9.53. The summed E-state index contributed by atoms with van der Waals surface area (Å²) in [4.78, 5) is 8.93. The molecular formula is C12H10N2OS. The molecule has 80 valence electrons. The van der Waals surface area contributed by atoms with E-state index in [-0.39, 0.29) is 5.75 Å². The molecule has 0 radical (unpaired) electrons. The van der Waals surface area contributed by atoms with Crippen molar-refractivity contribution < 1.29 is 5.11 Å². The van der Waals surface area contributed by atoms with Crippen LogP contribution in [0.2, 0.25) is 0 Å². The van der Waals surface area contributed by atoms with E-state index in [1.165, 1.54) is 0 Å². The van der Waals surface area contributed by atoms with Crippen molar-refractivity contribution in [3.8, 4) is 5.75 Å². The van der Waals surface area contributed by atoms with Gasteiger partial charge in [-0.3, -0.25) is 0 Å². The molecule has 2 aromatic rings. The van der Waals surface area contributed by atoms with Crippen LogP contribution in [0.3, 0.4) is 0 Å². The summed E-state index contributed by atoms with van der Waals surface area (Å²) in [5.41, 5.74) is 0.654. The van der Waals surface area contributed by atoms with Crippen LogP contribution in [0.1, 0.15) is 5.56 Å². The highest BCUT2D eigenvalue weighted by Gasteiger charge is 1.97. The molecule has 0 aliphatic carbocycles. The molecule has 0 amide bonds. The highest BCUT2D eigenvalue weighted by molar-refractivity contribution is 7.80. The zero-order chi connectivity index (χ0) is 11.4. The number of aromatic hydroxyl groups is 1. The molecule has 0 unspecified atom stereocenters. The molecule has 0 aliphatic heterocycles. The molecule has 0 saturated heterocycles. The molecule has 2 rings (SSSR count). The van der Waals surface area contributed by atoms with Crippen LogP contribution in [0.25, 0.3) is 0 Å². The minimum absolute atomic E-state index is 0.197. The fourth-order valence-electron chi connectivity index (χ4n) is 1.22. The van der Waals surface area contributed by atoms with Gasteiger partial charge in [0.1, 0.15) is 5.75 Å². The van der Waals surface area contributed by atoms with Crippen LogP contribution in [-0.4, -0.2) is 16.3 Å². The monoisotopic (exact) mass is 230 g/mol. The number of phenols is 1. The molecule has 1 heterocycles. The van der Waals surface area contributed by atoms with Crippen LogP contribution in [0.4, 0.5) is 5.82 Å². The van der Waals surface area contributed by atoms with Crippen LogP contribution in [0.5, 0.6) is 5.75 Å². The molecule has 0 spiro atoms. The number of phenolic OH excluding ortho intramolecular Hbond substituents is 1. The topological polar surface area (TPSA) is 45.5 Å². The van der Waals surface area contributed by atoms with Crippen molar-refractivity contribution >= 4 is 24.7 Å². The Labute approximate surface area is 98.9 Å². The first-order valence-electron chi connectivity index (χ1n) is 4.73. The molecule has 0 saturated carbocycles. The van der Waals surface area contributed by atoms with Crippen LogP contribution in [-0.2, 0) is 0 Å². The lowest BCUT2D eigenvalue weighted by Gasteiger charge is -1.98. The quantitative estimate of drug-likeness (QED) is 0.615. The number of rotatable bonds is 2. The van der Waals surface area contributed by atoms with Crippen molar-refractivity contribution in [2.75, 3.05) is 0 Å². The minimum Gasteiger partial charge on any atom is -0.507 e. The Hall–Kier alpha value is -1.81. The molecule has 0 aliphatic rings. The van der Waals surface area contributed by atoms with Crippen molar-refractivity contribution in [3.63, 3.8) is 0 Å². The van der Waals surface area contributed by atoms with Crippen molar-refractivity contribution in [1.82, 2.24) is 4.98 Å². The Morgan fingerprint density at radius 3 is 2.75 bits per heavy atom. The summed E-state index contributed by atoms with van der Waals surface area (Å²) in [5, 5.41) is 9.53. The van der Waals surface area contributed by atoms with Crippen molar-refractivity contribution in [1.29, 1.82) is 0 Å². The Morgan fingerprint density at radius 2 is 2.00 bits per heavy atom. The van der Waals surface area contributed by atoms with Gasteiger partial charge in [0, 0.05) is 22.9 Å². The van der Waals surface area contributed by atoms with Crippen LogP contribution >= 0.6 is 12.6 Å². The van der Waals surface area contributed by atoms with Crippen LogP contribution < -0.4 is 0 Å². The van der Waals surface area contributed by atoms with Crippen molar-refractivity contribution in [3.05, 3.63) is 48.2 Å². The fourth-order valence-corrected chi connectivity index (χ4v) is 1.42. The largest absolute Gasteiger partial charge is 0.507 e. The summed E-state index contributed by atoms with van der Waals surface area (Å²) in [5.74, 6) is 0.733. The first-order valence-corrected chi connectivity index (χ1v) is 5.18. The number of hydrogen-bond donors (Lipinski definition) is 2. The van der Waals surface area contributed by atoms with Gasteiger partial charge in [-0.15, -0.1) is 12.6 Å². The normalized spacial score (nSPS) is 10.8. The molecule has 16 heavy (non-hydrogen) atoms. The number of nitrogens with zero attached hydrogens (tertiary/aromatic N) is 2. The number of pyridine rings is 1. The molecule has 1 aromatic carbocycles. The molecule has 4 heteroatoms. The van der Waals surface area contributed by atoms with E-state index in [0.717, 1.165) is 0 Å². The van der Waals surface area contributed by atoms with Gasteiger partial charge in [0.15, 0.2) is 5.82 Å². The van der Waals surface area contributed by atoms with Gasteiger partial charge in [0.2, 0.25) is 0 Å². The summed E-state index contributed by atoms with van der Waals surface area (Å²) in [6.07, 6.45) is 3.22. The smallest absolute Gasteiger partial charge is 0.165 e. The Balaban J connectivity index is 2.29. The second-order valence-corrected chi connectivity index (χ2v) is 3.64. The maximum absolute atomic E-state index is 9.53. The van der Waals surface area contributed by atoms with Gasteiger partial charge in [-0.25, -0.2) is 9.98 Å². The average molecular weight is 230 g/mol. The lowest BCUT2D eigenvalue weighted by molar-refractivity contribution is 0.474. The van der Waals surface area contributed by atoms with E-state index in [4.69, 9.17) is 0 Å². The summed E-state index contributed by atoms with van der Waals surface area (Å²) < 4.78 is 0. The number of benzene rings is 1. The number of hydrogen-bond acceptors (Lipinski definition) is 4. The predicted octanol–water partition coefficient (Wildman–Crippen LogP) is 2.83. The molecule has 0 atom stereocenters. The lowest BCUT2D eigenvalue weighted by Crippen LogP contribution is -1.82. The van der Waals surface area contributed by atoms with E-state index in [9.17, 15) is 5.11 Å². The van der Waals surface area contributed by atoms with Gasteiger partial charge in [0.05, 0.1) is 0 Å². The SMILES string of the molecule is Oc1ccccc1C=Nc1ncccc1S. The first-order chi connectivity index (χ1) is 7.77. The number of aromatic nitrogens is 1. The molecular weight excluding hydrogens is 220 g/mol. The zero-order valence-corrected chi connectivity index (χ0v) is 9.30. The molecule has 0 fully saturated rings. The summed E-state index contributed by atoms with van der Waals surface area (Å²) >= 11 is 4.23. The third-order valence-corrected chi connectivity index (χ3v) is 2.38. The van der Waals surface area contributed by atoms with E-state index in [1.54, 1.807) is 36.7 Å². The Bertz CT molecular complexity index is 478. The lowest BCUT2D eigenvalue weighted by atomic mass is 10.2. The van der Waals surface area contributed by atoms with Gasteiger partial charge in [0.25, 0.3) is 0 Å². The van der Waals surface area contributed by atoms with E-state index in [0.29, 0.717) is 16.3 Å². The highest BCUT2D eigenvalue weighted by atomic mass is 32.1. The maximum Gasteiger partial charge on any atom is 0.165 e. The third-order valence-electron chi connectivity index (χ3n) is 2.03. The molecule has 1 aromatic heterocycles. The Kier molecular flexibility index (Phi) is 3.22. The number of aliphatic imine (C=N–C) groups is 1. The predicted molar refractivity (Wildman–Crippen MR) is 66.8 cm³/mol. The molecule has 0 bridgehead atoms. The van der Waals surface area contributed by atoms with E-state index in [1.807, 2.05) is 12.1 Å². The van der Waals surface area contributed by atoms with Gasteiger partial charge >= 0.3 is 0 Å². The molecule has 1 N–H and O–H groups in total. The number of thiol groups is 1. The summed E-state index contributed by atoms with van der Waals surface area (Å²) in [7, 11) is 0. The Morgan fingerprint density at radius 1 is 1.19 bits per heavy atom. The van der Waals surface area contributed by atoms with E-state index in [2.05, 4.69) is 22.6 Å². The van der Waals surface area contributed by atoms with Gasteiger partial charge in [-0.05, 0) is 24.3 Å². The summed E-state index contributed by atoms with van der Waals surface area (Å²) in [6.45, 7) is 0. The van der Waals surface area contributed by atoms with Gasteiger partial charge in [-0.1, -0.05) is 12.1 Å². The minimum atomic E-state index is 0.197.